The number of aromatic nitrogens is 3. The molecule has 2 N–H and O–H groups in total. The lowest BCUT2D eigenvalue weighted by molar-refractivity contribution is 0.0954. The van der Waals surface area contributed by atoms with Crippen LogP contribution >= 0.6 is 22.7 Å². The van der Waals surface area contributed by atoms with Crippen molar-refractivity contribution in [3.63, 3.8) is 0 Å². The largest absolute Gasteiger partial charge is 0.492 e. The van der Waals surface area contributed by atoms with Gasteiger partial charge in [-0.1, -0.05) is 17.4 Å². The minimum Gasteiger partial charge on any atom is -0.492 e. The Hall–Kier alpha value is -1.52. The molecule has 1 aliphatic heterocycles. The van der Waals surface area contributed by atoms with E-state index in [1.807, 2.05) is 13.0 Å². The van der Waals surface area contributed by atoms with Gasteiger partial charge in [-0.05, 0) is 18.4 Å². The smallest absolute Gasteiger partial charge is 0.230 e. The van der Waals surface area contributed by atoms with Gasteiger partial charge in [0, 0.05) is 37.6 Å². The highest BCUT2D eigenvalue weighted by molar-refractivity contribution is 7.17. The monoisotopic (exact) mass is 379 g/mol. The number of thiophene rings is 1. The molecular weight excluding hydrogens is 358 g/mol. The van der Waals surface area contributed by atoms with Gasteiger partial charge in [0.2, 0.25) is 10.8 Å². The second kappa shape index (κ2) is 7.00. The van der Waals surface area contributed by atoms with Crippen molar-refractivity contribution in [1.82, 2.24) is 24.4 Å². The molecule has 7 nitrogen and oxygen atoms in total. The summed E-state index contributed by atoms with van der Waals surface area (Å²) >= 11 is 3.21. The van der Waals surface area contributed by atoms with Crippen molar-refractivity contribution in [2.24, 2.45) is 0 Å². The minimum absolute atomic E-state index is 0.0186. The molecule has 25 heavy (non-hydrogen) atoms. The van der Waals surface area contributed by atoms with Crippen LogP contribution in [0.5, 0.6) is 5.88 Å². The Balaban J connectivity index is 1.67. The molecule has 1 fully saturated rings. The molecule has 1 atom stereocenters. The van der Waals surface area contributed by atoms with Crippen LogP contribution < -0.4 is 0 Å². The Kier molecular flexibility index (Phi) is 4.74. The van der Waals surface area contributed by atoms with E-state index in [1.165, 1.54) is 20.7 Å². The maximum Gasteiger partial charge on any atom is 0.230 e. The molecule has 1 unspecified atom stereocenters. The van der Waals surface area contributed by atoms with E-state index >= 15 is 0 Å². The highest BCUT2D eigenvalue weighted by Crippen LogP contribution is 2.41. The number of aliphatic hydroxyl groups is 1. The number of rotatable bonds is 5. The van der Waals surface area contributed by atoms with E-state index in [2.05, 4.69) is 31.3 Å². The lowest BCUT2D eigenvalue weighted by Gasteiger charge is -2.38. The predicted molar refractivity (Wildman–Crippen MR) is 98.5 cm³/mol. The van der Waals surface area contributed by atoms with Crippen molar-refractivity contribution in [1.29, 1.82) is 0 Å². The normalized spacial score (nSPS) is 18.2. The number of thiazole rings is 1. The number of fused-ring (bicyclic) bond motifs is 1. The molecule has 134 valence electrons. The van der Waals surface area contributed by atoms with E-state index in [0.717, 1.165) is 42.6 Å². The third-order valence-corrected chi connectivity index (χ3v) is 6.55. The molecular formula is C16H21N5O2S2. The van der Waals surface area contributed by atoms with Crippen molar-refractivity contribution < 1.29 is 10.2 Å². The minimum atomic E-state index is 0.0186. The fourth-order valence-corrected chi connectivity index (χ4v) is 5.43. The van der Waals surface area contributed by atoms with Crippen LogP contribution in [0.25, 0.3) is 4.96 Å². The van der Waals surface area contributed by atoms with Crippen LogP contribution in [0, 0.1) is 6.92 Å². The highest BCUT2D eigenvalue weighted by atomic mass is 32.1. The molecule has 0 saturated carbocycles. The van der Waals surface area contributed by atoms with Crippen LogP contribution in [0.3, 0.4) is 0 Å². The van der Waals surface area contributed by atoms with Crippen molar-refractivity contribution in [2.75, 3.05) is 39.3 Å². The molecule has 9 heteroatoms. The van der Waals surface area contributed by atoms with E-state index < -0.39 is 0 Å². The SMILES string of the molecule is Cc1nc2sc(C(c3cccs3)N3CCN(CCO)CC3)c(O)n2n1. The van der Waals surface area contributed by atoms with Gasteiger partial charge in [0.25, 0.3) is 0 Å². The van der Waals surface area contributed by atoms with Gasteiger partial charge in [-0.25, -0.2) is 4.98 Å². The zero-order valence-electron chi connectivity index (χ0n) is 14.0. The Morgan fingerprint density at radius 1 is 1.28 bits per heavy atom. The van der Waals surface area contributed by atoms with Gasteiger partial charge < -0.3 is 10.2 Å². The summed E-state index contributed by atoms with van der Waals surface area (Å²) in [6.45, 7) is 6.38. The molecule has 0 radical (unpaired) electrons. The van der Waals surface area contributed by atoms with E-state index in [-0.39, 0.29) is 18.5 Å². The number of hydrogen-bond acceptors (Lipinski definition) is 8. The molecule has 3 aromatic rings. The third-order valence-electron chi connectivity index (χ3n) is 4.55. The molecule has 0 spiro atoms. The second-order valence-electron chi connectivity index (χ2n) is 6.16. The number of β-amino-alcohol motifs (C(OH)–C–C–N with tert-alkyl or cyclic N) is 1. The molecule has 0 amide bonds. The van der Waals surface area contributed by atoms with Gasteiger partial charge in [-0.15, -0.1) is 16.4 Å². The van der Waals surface area contributed by atoms with E-state index in [4.69, 9.17) is 5.11 Å². The maximum atomic E-state index is 10.7. The molecule has 0 aromatic carbocycles. The summed E-state index contributed by atoms with van der Waals surface area (Å²) in [6.07, 6.45) is 0. The fourth-order valence-electron chi connectivity index (χ4n) is 3.33. The van der Waals surface area contributed by atoms with Crippen LogP contribution in [-0.2, 0) is 0 Å². The zero-order chi connectivity index (χ0) is 17.4. The molecule has 0 bridgehead atoms. The van der Waals surface area contributed by atoms with Crippen LogP contribution in [-0.4, -0.2) is 73.9 Å². The van der Waals surface area contributed by atoms with E-state index in [1.54, 1.807) is 11.3 Å². The summed E-state index contributed by atoms with van der Waals surface area (Å²) in [5.41, 5.74) is 0. The summed E-state index contributed by atoms with van der Waals surface area (Å²) in [4.78, 5) is 11.9. The summed E-state index contributed by atoms with van der Waals surface area (Å²) in [7, 11) is 0. The predicted octanol–water partition coefficient (Wildman–Crippen LogP) is 1.57. The van der Waals surface area contributed by atoms with Crippen molar-refractivity contribution in [2.45, 2.75) is 13.0 Å². The average molecular weight is 380 g/mol. The summed E-state index contributed by atoms with van der Waals surface area (Å²) in [5, 5.41) is 26.2. The molecule has 1 aliphatic rings. The number of hydrogen-bond donors (Lipinski definition) is 2. The maximum absolute atomic E-state index is 10.7. The molecule has 4 rings (SSSR count). The molecule has 1 saturated heterocycles. The second-order valence-corrected chi connectivity index (χ2v) is 8.15. The summed E-state index contributed by atoms with van der Waals surface area (Å²) in [6, 6.07) is 4.19. The number of aryl methyl sites for hydroxylation is 1. The van der Waals surface area contributed by atoms with E-state index in [0.29, 0.717) is 5.82 Å². The van der Waals surface area contributed by atoms with Gasteiger partial charge in [0.15, 0.2) is 0 Å². The fraction of sp³-hybridized carbons (Fsp3) is 0.500. The Morgan fingerprint density at radius 3 is 2.72 bits per heavy atom. The van der Waals surface area contributed by atoms with E-state index in [9.17, 15) is 5.11 Å². The Morgan fingerprint density at radius 2 is 2.08 bits per heavy atom. The van der Waals surface area contributed by atoms with Gasteiger partial charge in [-0.2, -0.15) is 4.52 Å². The van der Waals surface area contributed by atoms with Gasteiger partial charge in [-0.3, -0.25) is 9.80 Å². The van der Waals surface area contributed by atoms with Crippen LogP contribution in [0.15, 0.2) is 17.5 Å². The lowest BCUT2D eigenvalue weighted by atomic mass is 10.1. The van der Waals surface area contributed by atoms with Crippen molar-refractivity contribution in [3.8, 4) is 5.88 Å². The van der Waals surface area contributed by atoms with Gasteiger partial charge in [0.05, 0.1) is 17.5 Å². The standard InChI is InChI=1S/C16H21N5O2S2/c1-11-17-16-21(18-11)15(23)14(25-16)13(12-3-2-10-24-12)20-6-4-19(5-7-20)8-9-22/h2-3,10,13,22-23H,4-9H2,1H3. The quantitative estimate of drug-likeness (QED) is 0.701. The summed E-state index contributed by atoms with van der Waals surface area (Å²) < 4.78 is 1.54. The first kappa shape index (κ1) is 16.9. The highest BCUT2D eigenvalue weighted by Gasteiger charge is 2.32. The topological polar surface area (TPSA) is 77.1 Å². The first-order valence-corrected chi connectivity index (χ1v) is 10.0. The van der Waals surface area contributed by atoms with Crippen LogP contribution in [0.2, 0.25) is 0 Å². The number of aliphatic hydroxyl groups excluding tert-OH is 1. The first-order chi connectivity index (χ1) is 12.2. The molecule has 3 aromatic heterocycles. The molecule has 0 aliphatic carbocycles. The average Bonchev–Trinajstić information content (AvgIpc) is 3.30. The summed E-state index contributed by atoms with van der Waals surface area (Å²) in [5.74, 6) is 0.857. The zero-order valence-corrected chi connectivity index (χ0v) is 15.6. The number of nitrogens with zero attached hydrogens (tertiary/aromatic N) is 5. The van der Waals surface area contributed by atoms with Gasteiger partial charge in [0.1, 0.15) is 5.82 Å². The number of piperazine rings is 1. The van der Waals surface area contributed by atoms with Crippen molar-refractivity contribution >= 4 is 27.6 Å². The van der Waals surface area contributed by atoms with Crippen LogP contribution in [0.1, 0.15) is 21.6 Å². The lowest BCUT2D eigenvalue weighted by Crippen LogP contribution is -2.48. The third kappa shape index (κ3) is 3.18. The Bertz CT molecular complexity index is 836. The Labute approximate surface area is 153 Å². The first-order valence-electron chi connectivity index (χ1n) is 8.33. The number of aromatic hydroxyl groups is 1. The molecule has 4 heterocycles. The van der Waals surface area contributed by atoms with Crippen molar-refractivity contribution in [3.05, 3.63) is 33.1 Å². The van der Waals surface area contributed by atoms with Crippen LogP contribution in [0.4, 0.5) is 0 Å². The van der Waals surface area contributed by atoms with Gasteiger partial charge >= 0.3 is 0 Å².